The highest BCUT2D eigenvalue weighted by Gasteiger charge is 2.15. The van der Waals surface area contributed by atoms with E-state index in [4.69, 9.17) is 9.47 Å². The minimum absolute atomic E-state index is 0.114. The summed E-state index contributed by atoms with van der Waals surface area (Å²) in [6.07, 6.45) is 1.83. The highest BCUT2D eigenvalue weighted by Crippen LogP contribution is 2.22. The van der Waals surface area contributed by atoms with Gasteiger partial charge in [-0.25, -0.2) is 4.68 Å². The van der Waals surface area contributed by atoms with Crippen LogP contribution in [0.2, 0.25) is 0 Å². The maximum Gasteiger partial charge on any atom is 0.241 e. The van der Waals surface area contributed by atoms with Crippen molar-refractivity contribution < 1.29 is 14.3 Å². The Bertz CT molecular complexity index is 1000. The van der Waals surface area contributed by atoms with Crippen molar-refractivity contribution in [1.29, 1.82) is 0 Å². The van der Waals surface area contributed by atoms with E-state index in [2.05, 4.69) is 38.7 Å². The molecule has 1 amide bonds. The Morgan fingerprint density at radius 2 is 1.94 bits per heavy atom. The third-order valence-corrected chi connectivity index (χ3v) is 4.97. The first-order chi connectivity index (χ1) is 15.2. The van der Waals surface area contributed by atoms with E-state index < -0.39 is 0 Å². The Morgan fingerprint density at radius 1 is 1.10 bits per heavy atom. The van der Waals surface area contributed by atoms with Crippen LogP contribution >= 0.6 is 0 Å². The van der Waals surface area contributed by atoms with E-state index in [9.17, 15) is 4.79 Å². The lowest BCUT2D eigenvalue weighted by Gasteiger charge is -2.23. The fraction of sp³-hybridized carbons (Fsp3) is 0.348. The zero-order valence-corrected chi connectivity index (χ0v) is 17.7. The number of carbonyl (C=O) groups excluding carboxylic acids is 1. The van der Waals surface area contributed by atoms with Gasteiger partial charge in [0.2, 0.25) is 5.91 Å². The van der Waals surface area contributed by atoms with E-state index in [0.29, 0.717) is 32.8 Å². The summed E-state index contributed by atoms with van der Waals surface area (Å²) in [6, 6.07) is 16.2. The number of hydrogen-bond acceptors (Lipinski definition) is 6. The second-order valence-electron chi connectivity index (χ2n) is 7.44. The zero-order valence-electron chi connectivity index (χ0n) is 17.7. The average molecular weight is 422 g/mol. The van der Waals surface area contributed by atoms with Crippen molar-refractivity contribution in [1.82, 2.24) is 25.2 Å². The lowest BCUT2D eigenvalue weighted by molar-refractivity contribution is -0.121. The molecule has 8 nitrogen and oxygen atoms in total. The smallest absolute Gasteiger partial charge is 0.241 e. The zero-order chi connectivity index (χ0) is 21.5. The lowest BCUT2D eigenvalue weighted by atomic mass is 10.1. The van der Waals surface area contributed by atoms with Crippen molar-refractivity contribution in [3.05, 3.63) is 71.5 Å². The molecule has 2 heterocycles. The maximum atomic E-state index is 12.1. The van der Waals surface area contributed by atoms with Gasteiger partial charge in [0, 0.05) is 25.2 Å². The summed E-state index contributed by atoms with van der Waals surface area (Å²) in [7, 11) is 0. The molecule has 0 radical (unpaired) electrons. The van der Waals surface area contributed by atoms with Crippen molar-refractivity contribution in [2.45, 2.75) is 33.1 Å². The molecule has 162 valence electrons. The van der Waals surface area contributed by atoms with Crippen molar-refractivity contribution in [3.63, 3.8) is 0 Å². The van der Waals surface area contributed by atoms with Crippen LogP contribution in [0.25, 0.3) is 0 Å². The molecule has 4 rings (SSSR count). The van der Waals surface area contributed by atoms with Gasteiger partial charge in [-0.05, 0) is 30.7 Å². The van der Waals surface area contributed by atoms with Gasteiger partial charge in [-0.1, -0.05) is 35.5 Å². The molecule has 0 atom stereocenters. The van der Waals surface area contributed by atoms with Gasteiger partial charge in [0.25, 0.3) is 0 Å². The molecular weight excluding hydrogens is 394 g/mol. The molecule has 0 saturated heterocycles. The molecule has 1 aromatic heterocycles. The number of rotatable bonds is 4. The molecule has 0 unspecified atom stereocenters. The SMILES string of the molecule is CCOc1ccc(CN2Cc3cn(nn3)CC(=O)NCCOc3ccccc3C2)cc1. The van der Waals surface area contributed by atoms with Crippen LogP contribution in [-0.2, 0) is 31.0 Å². The van der Waals surface area contributed by atoms with Crippen molar-refractivity contribution >= 4 is 5.91 Å². The first-order valence-electron chi connectivity index (χ1n) is 10.5. The summed E-state index contributed by atoms with van der Waals surface area (Å²) < 4.78 is 13.1. The largest absolute Gasteiger partial charge is 0.494 e. The van der Waals surface area contributed by atoms with Crippen LogP contribution in [0.3, 0.4) is 0 Å². The third-order valence-electron chi connectivity index (χ3n) is 4.97. The lowest BCUT2D eigenvalue weighted by Crippen LogP contribution is -2.31. The number of aromatic nitrogens is 3. The highest BCUT2D eigenvalue weighted by molar-refractivity contribution is 5.75. The quantitative estimate of drug-likeness (QED) is 0.697. The summed E-state index contributed by atoms with van der Waals surface area (Å²) in [4.78, 5) is 14.4. The Morgan fingerprint density at radius 3 is 2.77 bits per heavy atom. The van der Waals surface area contributed by atoms with Gasteiger partial charge >= 0.3 is 0 Å². The highest BCUT2D eigenvalue weighted by atomic mass is 16.5. The number of ether oxygens (including phenoxy) is 2. The van der Waals surface area contributed by atoms with E-state index in [1.807, 2.05) is 43.5 Å². The van der Waals surface area contributed by atoms with Gasteiger partial charge in [-0.2, -0.15) is 0 Å². The predicted molar refractivity (Wildman–Crippen MR) is 116 cm³/mol. The molecule has 2 aromatic carbocycles. The standard InChI is InChI=1S/C23H27N5O3/c1-2-30-21-9-7-18(8-10-21)13-27-14-19-5-3-4-6-22(19)31-12-11-24-23(29)17-28-16-20(15-27)25-26-28/h3-10,16H,2,11-15,17H2,1H3,(H,24,29). The summed E-state index contributed by atoms with van der Waals surface area (Å²) >= 11 is 0. The van der Waals surface area contributed by atoms with Gasteiger partial charge in [0.15, 0.2) is 0 Å². The number of para-hydroxylation sites is 1. The molecular formula is C23H27N5O3. The molecule has 0 saturated carbocycles. The van der Waals surface area contributed by atoms with Gasteiger partial charge in [0.05, 0.1) is 25.0 Å². The molecule has 3 aromatic rings. The maximum absolute atomic E-state index is 12.1. The van der Waals surface area contributed by atoms with Gasteiger partial charge in [-0.3, -0.25) is 9.69 Å². The average Bonchev–Trinajstić information content (AvgIpc) is 3.20. The number of fused-ring (bicyclic) bond motifs is 3. The van der Waals surface area contributed by atoms with E-state index >= 15 is 0 Å². The van der Waals surface area contributed by atoms with Crippen LogP contribution in [0.15, 0.2) is 54.7 Å². The molecule has 31 heavy (non-hydrogen) atoms. The van der Waals surface area contributed by atoms with Crippen LogP contribution in [0, 0.1) is 0 Å². The van der Waals surface area contributed by atoms with Crippen molar-refractivity contribution in [2.75, 3.05) is 19.8 Å². The molecule has 2 bridgehead atoms. The van der Waals surface area contributed by atoms with E-state index in [1.54, 1.807) is 4.68 Å². The van der Waals surface area contributed by atoms with Crippen LogP contribution in [0.1, 0.15) is 23.7 Å². The fourth-order valence-corrected chi connectivity index (χ4v) is 3.57. The van der Waals surface area contributed by atoms with E-state index in [-0.39, 0.29) is 12.5 Å². The molecule has 0 spiro atoms. The Labute approximate surface area is 181 Å². The summed E-state index contributed by atoms with van der Waals surface area (Å²) in [6.45, 7) is 5.64. The van der Waals surface area contributed by atoms with Crippen molar-refractivity contribution in [2.24, 2.45) is 0 Å². The molecule has 1 aliphatic heterocycles. The normalized spacial score (nSPS) is 15.3. The number of nitrogens with one attached hydrogen (secondary N) is 1. The monoisotopic (exact) mass is 421 g/mol. The summed E-state index contributed by atoms with van der Waals surface area (Å²) in [5.74, 6) is 1.58. The molecule has 8 heteroatoms. The molecule has 0 aliphatic carbocycles. The van der Waals surface area contributed by atoms with Gasteiger partial charge in [-0.15, -0.1) is 5.10 Å². The Hall–Kier alpha value is -3.39. The summed E-state index contributed by atoms with van der Waals surface area (Å²) in [5, 5.41) is 11.2. The fourth-order valence-electron chi connectivity index (χ4n) is 3.57. The van der Waals surface area contributed by atoms with Crippen LogP contribution in [0.4, 0.5) is 0 Å². The van der Waals surface area contributed by atoms with Crippen LogP contribution in [0.5, 0.6) is 11.5 Å². The minimum atomic E-state index is -0.114. The number of benzene rings is 2. The minimum Gasteiger partial charge on any atom is -0.494 e. The van der Waals surface area contributed by atoms with Crippen molar-refractivity contribution in [3.8, 4) is 11.5 Å². The second kappa shape index (κ2) is 10.1. The molecule has 1 aliphatic rings. The van der Waals surface area contributed by atoms with Gasteiger partial charge in [0.1, 0.15) is 24.7 Å². The molecule has 1 N–H and O–H groups in total. The second-order valence-corrected chi connectivity index (χ2v) is 7.44. The topological polar surface area (TPSA) is 81.5 Å². The number of carbonyl (C=O) groups is 1. The number of nitrogens with zero attached hydrogens (tertiary/aromatic N) is 4. The Kier molecular flexibility index (Phi) is 6.78. The summed E-state index contributed by atoms with van der Waals surface area (Å²) in [5.41, 5.74) is 3.08. The van der Waals surface area contributed by atoms with E-state index in [1.165, 1.54) is 5.56 Å². The first-order valence-corrected chi connectivity index (χ1v) is 10.5. The first kappa shape index (κ1) is 20.9. The Balaban J connectivity index is 1.59. The van der Waals surface area contributed by atoms with Crippen LogP contribution < -0.4 is 14.8 Å². The predicted octanol–water partition coefficient (Wildman–Crippen LogP) is 2.39. The number of amides is 1. The van der Waals surface area contributed by atoms with E-state index in [0.717, 1.165) is 29.3 Å². The number of hydrogen-bond donors (Lipinski definition) is 1. The van der Waals surface area contributed by atoms with Gasteiger partial charge < -0.3 is 14.8 Å². The third kappa shape index (κ3) is 5.82. The van der Waals surface area contributed by atoms with Crippen LogP contribution in [-0.4, -0.2) is 45.6 Å². The molecule has 0 fully saturated rings.